The molecule has 0 saturated carbocycles. The Morgan fingerprint density at radius 3 is 2.31 bits per heavy atom. The van der Waals surface area contributed by atoms with Gasteiger partial charge in [0.25, 0.3) is 5.91 Å². The number of methoxy groups -OCH3 is 1. The lowest BCUT2D eigenvalue weighted by Crippen LogP contribution is -2.41. The Hall–Kier alpha value is -2.42. The zero-order chi connectivity index (χ0) is 21.4. The molecule has 2 N–H and O–H groups in total. The number of nitrogens with zero attached hydrogens (tertiary/aromatic N) is 1. The van der Waals surface area contributed by atoms with Crippen LogP contribution in [0.15, 0.2) is 35.5 Å². The molecule has 3 rings (SSSR count). The second-order valence-corrected chi connectivity index (χ2v) is 8.13. The highest BCUT2D eigenvalue weighted by Gasteiger charge is 2.49. The predicted molar refractivity (Wildman–Crippen MR) is 106 cm³/mol. The van der Waals surface area contributed by atoms with Crippen LogP contribution in [-0.2, 0) is 23.8 Å². The monoisotopic (exact) mass is 404 g/mol. The standard InChI is InChI=1S/C21H28N2O6/c1-20(2)21(3,4)29-19(28-20)13-6-8-14(9-7-13)22-16-15(18(26)27-5)12-23(10-11-24)17(16)25/h6-9,19,22,24H,10-12H2,1-5H3. The molecule has 1 amide bonds. The van der Waals surface area contributed by atoms with Crippen molar-refractivity contribution in [3.05, 3.63) is 41.1 Å². The molecule has 0 unspecified atom stereocenters. The van der Waals surface area contributed by atoms with Gasteiger partial charge in [-0.25, -0.2) is 4.79 Å². The number of ether oxygens (including phenoxy) is 3. The fourth-order valence-corrected chi connectivity index (χ4v) is 3.20. The van der Waals surface area contributed by atoms with Gasteiger partial charge in [-0.3, -0.25) is 4.79 Å². The van der Waals surface area contributed by atoms with E-state index in [0.717, 1.165) is 5.56 Å². The molecule has 29 heavy (non-hydrogen) atoms. The number of anilines is 1. The number of aliphatic hydroxyl groups is 1. The number of esters is 1. The van der Waals surface area contributed by atoms with Crippen molar-refractivity contribution in [3.8, 4) is 0 Å². The summed E-state index contributed by atoms with van der Waals surface area (Å²) in [6.07, 6.45) is -0.480. The highest BCUT2D eigenvalue weighted by Crippen LogP contribution is 2.44. The average molecular weight is 404 g/mol. The normalized spacial score (nSPS) is 21.0. The number of hydrogen-bond acceptors (Lipinski definition) is 7. The smallest absolute Gasteiger partial charge is 0.337 e. The topological polar surface area (TPSA) is 97.3 Å². The van der Waals surface area contributed by atoms with Gasteiger partial charge in [-0.15, -0.1) is 0 Å². The Morgan fingerprint density at radius 1 is 1.21 bits per heavy atom. The molecule has 158 valence electrons. The van der Waals surface area contributed by atoms with Crippen LogP contribution < -0.4 is 5.32 Å². The van der Waals surface area contributed by atoms with Crippen molar-refractivity contribution in [3.63, 3.8) is 0 Å². The van der Waals surface area contributed by atoms with E-state index in [-0.39, 0.29) is 36.9 Å². The van der Waals surface area contributed by atoms with Gasteiger partial charge in [-0.2, -0.15) is 0 Å². The minimum atomic E-state index is -0.574. The first-order chi connectivity index (χ1) is 13.6. The van der Waals surface area contributed by atoms with Crippen LogP contribution in [0.4, 0.5) is 5.69 Å². The van der Waals surface area contributed by atoms with Gasteiger partial charge in [0, 0.05) is 17.8 Å². The molecule has 0 spiro atoms. The summed E-state index contributed by atoms with van der Waals surface area (Å²) in [4.78, 5) is 26.1. The first-order valence-electron chi connectivity index (χ1n) is 9.54. The van der Waals surface area contributed by atoms with Crippen molar-refractivity contribution in [2.24, 2.45) is 0 Å². The molecule has 8 heteroatoms. The Bertz CT molecular complexity index is 812. The molecule has 1 aromatic carbocycles. The first kappa shape index (κ1) is 21.3. The second kappa shape index (κ2) is 7.78. The Labute approximate surface area is 170 Å². The first-order valence-corrected chi connectivity index (χ1v) is 9.54. The van der Waals surface area contributed by atoms with E-state index in [2.05, 4.69) is 5.32 Å². The number of aliphatic hydroxyl groups excluding tert-OH is 1. The third-order valence-electron chi connectivity index (χ3n) is 5.66. The van der Waals surface area contributed by atoms with Crippen LogP contribution in [0.3, 0.4) is 0 Å². The quantitative estimate of drug-likeness (QED) is 0.700. The SMILES string of the molecule is COC(=O)C1=C(Nc2ccc(C3OC(C)(C)C(C)(C)O3)cc2)C(=O)N(CCO)C1. The minimum Gasteiger partial charge on any atom is -0.466 e. The molecule has 0 radical (unpaired) electrons. The molecule has 2 aliphatic rings. The van der Waals surface area contributed by atoms with E-state index >= 15 is 0 Å². The van der Waals surface area contributed by atoms with Crippen LogP contribution in [0.25, 0.3) is 0 Å². The van der Waals surface area contributed by atoms with Gasteiger partial charge in [0.05, 0.1) is 37.0 Å². The summed E-state index contributed by atoms with van der Waals surface area (Å²) in [6.45, 7) is 8.03. The molecule has 8 nitrogen and oxygen atoms in total. The van der Waals surface area contributed by atoms with Gasteiger partial charge in [0.1, 0.15) is 5.70 Å². The van der Waals surface area contributed by atoms with Gasteiger partial charge in [-0.05, 0) is 39.8 Å². The lowest BCUT2D eigenvalue weighted by molar-refractivity contribution is -0.136. The zero-order valence-electron chi connectivity index (χ0n) is 17.4. The summed E-state index contributed by atoms with van der Waals surface area (Å²) < 4.78 is 16.9. The highest BCUT2D eigenvalue weighted by molar-refractivity contribution is 6.08. The number of carbonyl (C=O) groups excluding carboxylic acids is 2. The number of hydrogen-bond donors (Lipinski definition) is 2. The van der Waals surface area contributed by atoms with Crippen molar-refractivity contribution in [2.75, 3.05) is 32.1 Å². The number of amides is 1. The van der Waals surface area contributed by atoms with Crippen LogP contribution in [0, 0.1) is 0 Å². The maximum absolute atomic E-state index is 12.6. The van der Waals surface area contributed by atoms with E-state index in [4.69, 9.17) is 19.3 Å². The third kappa shape index (κ3) is 4.01. The Balaban J connectivity index is 1.78. The van der Waals surface area contributed by atoms with E-state index < -0.39 is 23.5 Å². The summed E-state index contributed by atoms with van der Waals surface area (Å²) in [7, 11) is 1.27. The molecule has 2 aliphatic heterocycles. The number of benzene rings is 1. The summed E-state index contributed by atoms with van der Waals surface area (Å²) in [5.74, 6) is -0.926. The van der Waals surface area contributed by atoms with Crippen molar-refractivity contribution < 1.29 is 28.9 Å². The zero-order valence-corrected chi connectivity index (χ0v) is 17.4. The summed E-state index contributed by atoms with van der Waals surface area (Å²) >= 11 is 0. The average Bonchev–Trinajstić information content (AvgIpc) is 3.08. The fourth-order valence-electron chi connectivity index (χ4n) is 3.20. The predicted octanol–water partition coefficient (Wildman–Crippen LogP) is 1.96. The maximum Gasteiger partial charge on any atom is 0.337 e. The molecule has 1 aromatic rings. The van der Waals surface area contributed by atoms with Gasteiger partial charge in [0.2, 0.25) is 0 Å². The molecule has 2 heterocycles. The van der Waals surface area contributed by atoms with Gasteiger partial charge >= 0.3 is 5.97 Å². The molecule has 0 aliphatic carbocycles. The number of β-amino-alcohol motifs (C(OH)–C–C–N with tert-alkyl or cyclic N) is 1. The van der Waals surface area contributed by atoms with Crippen LogP contribution in [0.5, 0.6) is 0 Å². The number of nitrogens with one attached hydrogen (secondary N) is 1. The molecule has 1 fully saturated rings. The van der Waals surface area contributed by atoms with Crippen LogP contribution in [-0.4, -0.2) is 59.9 Å². The highest BCUT2D eigenvalue weighted by atomic mass is 16.7. The summed E-state index contributed by atoms with van der Waals surface area (Å²) in [5, 5.41) is 12.2. The Morgan fingerprint density at radius 2 is 1.79 bits per heavy atom. The Kier molecular flexibility index (Phi) is 5.71. The van der Waals surface area contributed by atoms with Gasteiger partial charge in [-0.1, -0.05) is 12.1 Å². The minimum absolute atomic E-state index is 0.0976. The lowest BCUT2D eigenvalue weighted by Gasteiger charge is -2.30. The van der Waals surface area contributed by atoms with Crippen LogP contribution >= 0.6 is 0 Å². The van der Waals surface area contributed by atoms with E-state index in [9.17, 15) is 9.59 Å². The number of rotatable bonds is 6. The molecule has 1 saturated heterocycles. The number of carbonyl (C=O) groups is 2. The lowest BCUT2D eigenvalue weighted by atomic mass is 9.90. The molecular formula is C21H28N2O6. The van der Waals surface area contributed by atoms with E-state index in [0.29, 0.717) is 5.69 Å². The van der Waals surface area contributed by atoms with E-state index in [1.807, 2.05) is 39.8 Å². The van der Waals surface area contributed by atoms with Crippen molar-refractivity contribution in [2.45, 2.75) is 45.2 Å². The molecule has 0 atom stereocenters. The van der Waals surface area contributed by atoms with Gasteiger partial charge in [0.15, 0.2) is 6.29 Å². The fraction of sp³-hybridized carbons (Fsp3) is 0.524. The molecule has 0 bridgehead atoms. The summed E-state index contributed by atoms with van der Waals surface area (Å²) in [6, 6.07) is 7.30. The molecular weight excluding hydrogens is 376 g/mol. The third-order valence-corrected chi connectivity index (χ3v) is 5.66. The van der Waals surface area contributed by atoms with Crippen molar-refractivity contribution in [1.82, 2.24) is 4.90 Å². The van der Waals surface area contributed by atoms with Crippen LogP contribution in [0.2, 0.25) is 0 Å². The van der Waals surface area contributed by atoms with Gasteiger partial charge < -0.3 is 29.5 Å². The van der Waals surface area contributed by atoms with Crippen LogP contribution in [0.1, 0.15) is 39.5 Å². The van der Waals surface area contributed by atoms with E-state index in [1.165, 1.54) is 12.0 Å². The summed E-state index contributed by atoms with van der Waals surface area (Å²) in [5.41, 5.74) is 1.04. The van der Waals surface area contributed by atoms with E-state index in [1.54, 1.807) is 12.1 Å². The second-order valence-electron chi connectivity index (χ2n) is 8.13. The van der Waals surface area contributed by atoms with Crippen molar-refractivity contribution in [1.29, 1.82) is 0 Å². The van der Waals surface area contributed by atoms with Crippen molar-refractivity contribution >= 4 is 17.6 Å². The largest absolute Gasteiger partial charge is 0.466 e. The maximum atomic E-state index is 12.6. The molecule has 0 aromatic heterocycles.